The van der Waals surface area contributed by atoms with Crippen LogP contribution in [0.3, 0.4) is 0 Å². The van der Waals surface area contributed by atoms with Gasteiger partial charge in [-0.15, -0.1) is 0 Å². The number of hydrogen-bond donors (Lipinski definition) is 1. The van der Waals surface area contributed by atoms with Crippen LogP contribution in [0.2, 0.25) is 0 Å². The van der Waals surface area contributed by atoms with E-state index in [-0.39, 0.29) is 12.1 Å². The van der Waals surface area contributed by atoms with Crippen LogP contribution in [-0.4, -0.2) is 42.8 Å². The molecule has 0 radical (unpaired) electrons. The van der Waals surface area contributed by atoms with Crippen molar-refractivity contribution in [2.24, 2.45) is 0 Å². The number of carbonyl (C=O) groups excluding carboxylic acids is 1. The Morgan fingerprint density at radius 2 is 1.95 bits per heavy atom. The van der Waals surface area contributed by atoms with Gasteiger partial charge < -0.3 is 19.7 Å². The second kappa shape index (κ2) is 6.90. The van der Waals surface area contributed by atoms with E-state index in [1.165, 1.54) is 0 Å². The minimum Gasteiger partial charge on any atom is -0.497 e. The monoisotopic (exact) mass is 306 g/mol. The highest BCUT2D eigenvalue weighted by Gasteiger charge is 2.27. The molecule has 0 aromatic heterocycles. The molecule has 0 aliphatic carbocycles. The molecular formula is C17H26N2O3. The van der Waals surface area contributed by atoms with E-state index in [9.17, 15) is 4.79 Å². The van der Waals surface area contributed by atoms with Gasteiger partial charge in [0.25, 0.3) is 0 Å². The van der Waals surface area contributed by atoms with Crippen molar-refractivity contribution in [2.45, 2.75) is 45.3 Å². The van der Waals surface area contributed by atoms with Gasteiger partial charge in [-0.1, -0.05) is 0 Å². The van der Waals surface area contributed by atoms with Gasteiger partial charge in [0.1, 0.15) is 11.4 Å². The largest absolute Gasteiger partial charge is 0.497 e. The summed E-state index contributed by atoms with van der Waals surface area (Å²) in [6.45, 7) is 7.10. The molecule has 1 aliphatic heterocycles. The topological polar surface area (TPSA) is 50.8 Å². The van der Waals surface area contributed by atoms with Crippen molar-refractivity contribution < 1.29 is 14.3 Å². The van der Waals surface area contributed by atoms with E-state index >= 15 is 0 Å². The summed E-state index contributed by atoms with van der Waals surface area (Å²) in [5.41, 5.74) is 0.588. The van der Waals surface area contributed by atoms with Crippen molar-refractivity contribution >= 4 is 11.8 Å². The Morgan fingerprint density at radius 3 is 2.55 bits per heavy atom. The zero-order chi connectivity index (χ0) is 16.2. The molecule has 5 nitrogen and oxygen atoms in total. The number of nitrogens with one attached hydrogen (secondary N) is 1. The third-order valence-electron chi connectivity index (χ3n) is 3.53. The molecule has 1 amide bonds. The summed E-state index contributed by atoms with van der Waals surface area (Å²) in [5.74, 6) is 0.838. The quantitative estimate of drug-likeness (QED) is 0.928. The Bertz CT molecular complexity index is 494. The average Bonchev–Trinajstić information content (AvgIpc) is 2.46. The third kappa shape index (κ3) is 4.83. The first-order valence-electron chi connectivity index (χ1n) is 7.76. The molecule has 0 saturated carbocycles. The van der Waals surface area contributed by atoms with E-state index in [1.807, 2.05) is 45.0 Å². The van der Waals surface area contributed by atoms with Gasteiger partial charge in [0.05, 0.1) is 7.11 Å². The molecule has 0 bridgehead atoms. The van der Waals surface area contributed by atoms with Gasteiger partial charge in [-0.3, -0.25) is 0 Å². The minimum absolute atomic E-state index is 0.228. The molecule has 1 aliphatic rings. The highest BCUT2D eigenvalue weighted by Crippen LogP contribution is 2.20. The number of rotatable bonds is 3. The van der Waals surface area contributed by atoms with Gasteiger partial charge in [0.2, 0.25) is 0 Å². The molecule has 22 heavy (non-hydrogen) atoms. The van der Waals surface area contributed by atoms with Crippen LogP contribution in [-0.2, 0) is 4.74 Å². The molecule has 0 spiro atoms. The maximum absolute atomic E-state index is 12.2. The average molecular weight is 306 g/mol. The van der Waals surface area contributed by atoms with Gasteiger partial charge >= 0.3 is 6.09 Å². The first kappa shape index (κ1) is 16.5. The number of nitrogens with zero attached hydrogens (tertiary/aromatic N) is 1. The number of anilines is 1. The zero-order valence-corrected chi connectivity index (χ0v) is 13.9. The van der Waals surface area contributed by atoms with Crippen LogP contribution < -0.4 is 10.1 Å². The van der Waals surface area contributed by atoms with Crippen molar-refractivity contribution in [1.82, 2.24) is 4.90 Å². The molecule has 5 heteroatoms. The Balaban J connectivity index is 1.91. The summed E-state index contributed by atoms with van der Waals surface area (Å²) in [7, 11) is 1.66. The van der Waals surface area contributed by atoms with Crippen LogP contribution in [0.1, 0.15) is 33.6 Å². The highest BCUT2D eigenvalue weighted by molar-refractivity contribution is 5.68. The first-order valence-corrected chi connectivity index (χ1v) is 7.76. The fourth-order valence-corrected chi connectivity index (χ4v) is 2.51. The lowest BCUT2D eigenvalue weighted by Crippen LogP contribution is -2.46. The summed E-state index contributed by atoms with van der Waals surface area (Å²) in [6, 6.07) is 8.08. The molecule has 2 rings (SSSR count). The number of benzene rings is 1. The normalized spacial score (nSPS) is 18.7. The van der Waals surface area contributed by atoms with Gasteiger partial charge in [-0.2, -0.15) is 0 Å². The number of piperidine rings is 1. The molecule has 1 N–H and O–H groups in total. The molecule has 1 saturated heterocycles. The highest BCUT2D eigenvalue weighted by atomic mass is 16.6. The van der Waals surface area contributed by atoms with Gasteiger partial charge in [0, 0.05) is 24.8 Å². The fourth-order valence-electron chi connectivity index (χ4n) is 2.51. The van der Waals surface area contributed by atoms with Crippen LogP contribution in [0.15, 0.2) is 24.3 Å². The number of likely N-dealkylation sites (tertiary alicyclic amines) is 1. The predicted molar refractivity (Wildman–Crippen MR) is 87.4 cm³/mol. The standard InChI is InChI=1S/C17H26N2O3/c1-17(2,3)22-16(20)19-11-5-6-14(12-19)18-13-7-9-15(21-4)10-8-13/h7-10,14,18H,5-6,11-12H2,1-4H3/t14-/m0/s1. The van der Waals surface area contributed by atoms with E-state index in [0.717, 1.165) is 30.8 Å². The molecule has 0 unspecified atom stereocenters. The number of methoxy groups -OCH3 is 1. The summed E-state index contributed by atoms with van der Waals surface area (Å²) in [4.78, 5) is 13.9. The van der Waals surface area contributed by atoms with Crippen LogP contribution in [0.4, 0.5) is 10.5 Å². The molecular weight excluding hydrogens is 280 g/mol. The second-order valence-electron chi connectivity index (χ2n) is 6.64. The fraction of sp³-hybridized carbons (Fsp3) is 0.588. The van der Waals surface area contributed by atoms with E-state index in [2.05, 4.69) is 5.32 Å². The Hall–Kier alpha value is -1.91. The SMILES string of the molecule is COc1ccc(N[C@H]2CCCN(C(=O)OC(C)(C)C)C2)cc1. The van der Waals surface area contributed by atoms with E-state index in [4.69, 9.17) is 9.47 Å². The first-order chi connectivity index (χ1) is 10.4. The van der Waals surface area contributed by atoms with Crippen molar-refractivity contribution in [2.75, 3.05) is 25.5 Å². The van der Waals surface area contributed by atoms with Crippen molar-refractivity contribution in [1.29, 1.82) is 0 Å². The van der Waals surface area contributed by atoms with Gasteiger partial charge in [-0.05, 0) is 57.9 Å². The summed E-state index contributed by atoms with van der Waals surface area (Å²) < 4.78 is 10.6. The maximum Gasteiger partial charge on any atom is 0.410 e. The Kier molecular flexibility index (Phi) is 5.16. The zero-order valence-electron chi connectivity index (χ0n) is 13.9. The summed E-state index contributed by atoms with van der Waals surface area (Å²) in [5, 5.41) is 3.47. The van der Waals surface area contributed by atoms with Crippen LogP contribution in [0, 0.1) is 0 Å². The van der Waals surface area contributed by atoms with Crippen LogP contribution in [0.25, 0.3) is 0 Å². The molecule has 1 atom stereocenters. The number of amides is 1. The summed E-state index contributed by atoms with van der Waals surface area (Å²) in [6.07, 6.45) is 1.80. The van der Waals surface area contributed by atoms with Gasteiger partial charge in [0.15, 0.2) is 0 Å². The van der Waals surface area contributed by atoms with Crippen molar-refractivity contribution in [3.05, 3.63) is 24.3 Å². The molecule has 1 fully saturated rings. The van der Waals surface area contributed by atoms with E-state index in [1.54, 1.807) is 12.0 Å². The third-order valence-corrected chi connectivity index (χ3v) is 3.53. The molecule has 1 aromatic carbocycles. The van der Waals surface area contributed by atoms with Crippen molar-refractivity contribution in [3.8, 4) is 5.75 Å². The summed E-state index contributed by atoms with van der Waals surface area (Å²) >= 11 is 0. The van der Waals surface area contributed by atoms with E-state index in [0.29, 0.717) is 6.54 Å². The number of carbonyl (C=O) groups is 1. The predicted octanol–water partition coefficient (Wildman–Crippen LogP) is 3.51. The lowest BCUT2D eigenvalue weighted by molar-refractivity contribution is 0.0206. The maximum atomic E-state index is 12.2. The second-order valence-corrected chi connectivity index (χ2v) is 6.64. The molecule has 1 aromatic rings. The lowest BCUT2D eigenvalue weighted by Gasteiger charge is -2.34. The van der Waals surface area contributed by atoms with E-state index < -0.39 is 5.60 Å². The smallest absolute Gasteiger partial charge is 0.410 e. The molecule has 122 valence electrons. The van der Waals surface area contributed by atoms with Crippen LogP contribution >= 0.6 is 0 Å². The number of hydrogen-bond acceptors (Lipinski definition) is 4. The Morgan fingerprint density at radius 1 is 1.27 bits per heavy atom. The minimum atomic E-state index is -0.451. The Labute approximate surface area is 132 Å². The van der Waals surface area contributed by atoms with Gasteiger partial charge in [-0.25, -0.2) is 4.79 Å². The molecule has 1 heterocycles. The van der Waals surface area contributed by atoms with Crippen molar-refractivity contribution in [3.63, 3.8) is 0 Å². The van der Waals surface area contributed by atoms with Crippen LogP contribution in [0.5, 0.6) is 5.75 Å². The lowest BCUT2D eigenvalue weighted by atomic mass is 10.1. The number of ether oxygens (including phenoxy) is 2.